The molecule has 0 spiro atoms. The van der Waals surface area contributed by atoms with E-state index in [1.54, 1.807) is 20.8 Å². The van der Waals surface area contributed by atoms with Crippen molar-refractivity contribution in [1.82, 2.24) is 5.32 Å². The molecular weight excluding hydrogens is 278 g/mol. The molecule has 1 amide bonds. The molecule has 20 heavy (non-hydrogen) atoms. The molecule has 0 fully saturated rings. The molecular formula is C14H25NO4S. The molecule has 0 aliphatic rings. The van der Waals surface area contributed by atoms with Crippen LogP contribution < -0.4 is 5.32 Å². The number of thioether (sulfide) groups is 1. The van der Waals surface area contributed by atoms with Gasteiger partial charge in [-0.05, 0) is 0 Å². The van der Waals surface area contributed by atoms with Gasteiger partial charge in [-0.15, -0.1) is 0 Å². The van der Waals surface area contributed by atoms with Crippen molar-refractivity contribution in [3.05, 3.63) is 0 Å². The monoisotopic (exact) mass is 303 g/mol. The Morgan fingerprint density at radius 1 is 1.05 bits per heavy atom. The van der Waals surface area contributed by atoms with Crippen molar-refractivity contribution in [1.29, 1.82) is 0 Å². The molecule has 0 aliphatic carbocycles. The van der Waals surface area contributed by atoms with Gasteiger partial charge < -0.3 is 10.1 Å². The lowest BCUT2D eigenvalue weighted by atomic mass is 9.95. The summed E-state index contributed by atoms with van der Waals surface area (Å²) in [6.45, 7) is 10.7. The molecule has 0 rings (SSSR count). The molecule has 6 heteroatoms. The first-order chi connectivity index (χ1) is 8.89. The molecule has 0 radical (unpaired) electrons. The number of esters is 1. The number of methoxy groups -OCH3 is 1. The Hall–Kier alpha value is -1.04. The topological polar surface area (TPSA) is 72.5 Å². The second kappa shape index (κ2) is 7.11. The van der Waals surface area contributed by atoms with Gasteiger partial charge in [0.15, 0.2) is 5.12 Å². The summed E-state index contributed by atoms with van der Waals surface area (Å²) in [7, 11) is 1.26. The van der Waals surface area contributed by atoms with E-state index in [0.29, 0.717) is 0 Å². The minimum atomic E-state index is -0.817. The lowest BCUT2D eigenvalue weighted by Crippen LogP contribution is -2.47. The van der Waals surface area contributed by atoms with Gasteiger partial charge in [0, 0.05) is 16.6 Å². The molecule has 1 atom stereocenters. The van der Waals surface area contributed by atoms with Crippen molar-refractivity contribution < 1.29 is 19.1 Å². The van der Waals surface area contributed by atoms with E-state index in [4.69, 9.17) is 0 Å². The molecule has 0 unspecified atom stereocenters. The number of amides is 1. The van der Waals surface area contributed by atoms with Crippen LogP contribution in [0.5, 0.6) is 0 Å². The average molecular weight is 303 g/mol. The Labute approximate surface area is 125 Å². The van der Waals surface area contributed by atoms with Gasteiger partial charge in [-0.2, -0.15) is 0 Å². The van der Waals surface area contributed by atoms with Crippen molar-refractivity contribution in [3.63, 3.8) is 0 Å². The van der Waals surface area contributed by atoms with Crippen LogP contribution in [0.3, 0.4) is 0 Å². The second-order valence-corrected chi connectivity index (χ2v) is 7.64. The van der Waals surface area contributed by atoms with Crippen LogP contribution in [0.2, 0.25) is 0 Å². The van der Waals surface area contributed by atoms with E-state index in [1.165, 1.54) is 7.11 Å². The first-order valence-corrected chi connectivity index (χ1v) is 7.44. The molecule has 0 saturated carbocycles. The highest BCUT2D eigenvalue weighted by Gasteiger charge is 2.30. The van der Waals surface area contributed by atoms with Crippen molar-refractivity contribution in [3.8, 4) is 0 Å². The van der Waals surface area contributed by atoms with Crippen molar-refractivity contribution in [2.24, 2.45) is 10.8 Å². The van der Waals surface area contributed by atoms with Crippen molar-refractivity contribution >= 4 is 28.8 Å². The van der Waals surface area contributed by atoms with Crippen LogP contribution in [-0.2, 0) is 19.1 Å². The third-order valence-electron chi connectivity index (χ3n) is 2.47. The number of carbonyl (C=O) groups is 3. The Morgan fingerprint density at radius 2 is 1.55 bits per heavy atom. The summed E-state index contributed by atoms with van der Waals surface area (Å²) in [4.78, 5) is 35.5. The summed E-state index contributed by atoms with van der Waals surface area (Å²) >= 11 is 1.03. The number of carbonyl (C=O) groups excluding carboxylic acids is 3. The molecule has 0 heterocycles. The Morgan fingerprint density at radius 3 is 1.90 bits per heavy atom. The molecule has 0 saturated heterocycles. The number of hydrogen-bond donors (Lipinski definition) is 1. The quantitative estimate of drug-likeness (QED) is 0.804. The lowest BCUT2D eigenvalue weighted by molar-refractivity contribution is -0.145. The predicted octanol–water partition coefficient (Wildman–Crippen LogP) is 2.00. The molecule has 1 N–H and O–H groups in total. The predicted molar refractivity (Wildman–Crippen MR) is 80.3 cm³/mol. The fraction of sp³-hybridized carbons (Fsp3) is 0.786. The Kier molecular flexibility index (Phi) is 6.74. The second-order valence-electron chi connectivity index (χ2n) is 6.65. The third-order valence-corrected chi connectivity index (χ3v) is 3.84. The van der Waals surface area contributed by atoms with E-state index < -0.39 is 22.8 Å². The number of ether oxygens (including phenoxy) is 1. The molecule has 0 aromatic rings. The minimum absolute atomic E-state index is 0.0311. The zero-order chi connectivity index (χ0) is 16.1. The average Bonchev–Trinajstić information content (AvgIpc) is 2.30. The van der Waals surface area contributed by atoms with Crippen LogP contribution in [0.4, 0.5) is 0 Å². The van der Waals surface area contributed by atoms with Crippen LogP contribution >= 0.6 is 11.8 Å². The zero-order valence-electron chi connectivity index (χ0n) is 13.3. The van der Waals surface area contributed by atoms with Gasteiger partial charge in [0.2, 0.25) is 5.91 Å². The molecule has 116 valence electrons. The maximum atomic E-state index is 11.9. The standard InChI is InChI=1S/C14H25NO4S/c1-13(2,3)11(17)15-9(10(16)19-7)8-20-12(18)14(4,5)6/h9H,8H2,1-7H3,(H,15,17)/t9-/m0/s1. The summed E-state index contributed by atoms with van der Waals surface area (Å²) in [5.74, 6) is -0.626. The van der Waals surface area contributed by atoms with E-state index >= 15 is 0 Å². The molecule has 0 aliphatic heterocycles. The van der Waals surface area contributed by atoms with E-state index in [2.05, 4.69) is 10.1 Å². The summed E-state index contributed by atoms with van der Waals surface area (Å²) in [5.41, 5.74) is -1.09. The number of hydrogen-bond acceptors (Lipinski definition) is 5. The highest BCUT2D eigenvalue weighted by atomic mass is 32.2. The summed E-state index contributed by atoms with van der Waals surface area (Å²) in [5, 5.41) is 2.60. The van der Waals surface area contributed by atoms with Crippen molar-refractivity contribution in [2.75, 3.05) is 12.9 Å². The smallest absolute Gasteiger partial charge is 0.329 e. The SMILES string of the molecule is COC(=O)[C@H](CSC(=O)C(C)(C)C)NC(=O)C(C)(C)C. The van der Waals surface area contributed by atoms with Gasteiger partial charge in [0.05, 0.1) is 7.11 Å². The first-order valence-electron chi connectivity index (χ1n) is 6.45. The molecule has 0 aromatic carbocycles. The zero-order valence-corrected chi connectivity index (χ0v) is 14.1. The lowest BCUT2D eigenvalue weighted by Gasteiger charge is -2.23. The van der Waals surface area contributed by atoms with Gasteiger partial charge in [-0.1, -0.05) is 53.3 Å². The van der Waals surface area contributed by atoms with E-state index in [0.717, 1.165) is 11.8 Å². The maximum absolute atomic E-state index is 11.9. The van der Waals surface area contributed by atoms with E-state index in [9.17, 15) is 14.4 Å². The molecule has 5 nitrogen and oxygen atoms in total. The molecule has 0 bridgehead atoms. The van der Waals surface area contributed by atoms with Gasteiger partial charge >= 0.3 is 5.97 Å². The van der Waals surface area contributed by atoms with Crippen molar-refractivity contribution in [2.45, 2.75) is 47.6 Å². The number of nitrogens with one attached hydrogen (secondary N) is 1. The normalized spacial score (nSPS) is 13.6. The third kappa shape index (κ3) is 6.41. The van der Waals surface area contributed by atoms with Crippen LogP contribution in [-0.4, -0.2) is 35.9 Å². The van der Waals surface area contributed by atoms with Crippen LogP contribution in [0.25, 0.3) is 0 Å². The van der Waals surface area contributed by atoms with Crippen LogP contribution in [0, 0.1) is 10.8 Å². The van der Waals surface area contributed by atoms with E-state index in [1.807, 2.05) is 20.8 Å². The highest BCUT2D eigenvalue weighted by Crippen LogP contribution is 2.23. The van der Waals surface area contributed by atoms with Gasteiger partial charge in [0.1, 0.15) is 6.04 Å². The summed E-state index contributed by atoms with van der Waals surface area (Å²) in [6.07, 6.45) is 0. The van der Waals surface area contributed by atoms with Gasteiger partial charge in [-0.3, -0.25) is 9.59 Å². The summed E-state index contributed by atoms with van der Waals surface area (Å²) < 4.78 is 4.67. The maximum Gasteiger partial charge on any atom is 0.329 e. The summed E-state index contributed by atoms with van der Waals surface area (Å²) in [6, 6.07) is -0.817. The van der Waals surface area contributed by atoms with Gasteiger partial charge in [-0.25, -0.2) is 4.79 Å². The number of rotatable bonds is 4. The Bertz CT molecular complexity index is 380. The van der Waals surface area contributed by atoms with E-state index in [-0.39, 0.29) is 16.8 Å². The molecule has 0 aromatic heterocycles. The van der Waals surface area contributed by atoms with Gasteiger partial charge in [0.25, 0.3) is 0 Å². The fourth-order valence-electron chi connectivity index (χ4n) is 1.06. The highest BCUT2D eigenvalue weighted by molar-refractivity contribution is 8.13. The largest absolute Gasteiger partial charge is 0.467 e. The Balaban J connectivity index is 4.73. The first kappa shape index (κ1) is 19.0. The van der Waals surface area contributed by atoms with Crippen LogP contribution in [0.15, 0.2) is 0 Å². The minimum Gasteiger partial charge on any atom is -0.467 e. The van der Waals surface area contributed by atoms with Crippen LogP contribution in [0.1, 0.15) is 41.5 Å². The fourth-order valence-corrected chi connectivity index (χ4v) is 2.03.